The van der Waals surface area contributed by atoms with Crippen LogP contribution in [0.5, 0.6) is 0 Å². The van der Waals surface area contributed by atoms with Crippen LogP contribution in [-0.2, 0) is 6.54 Å². The summed E-state index contributed by atoms with van der Waals surface area (Å²) in [6.07, 6.45) is 0. The van der Waals surface area contributed by atoms with Crippen molar-refractivity contribution >= 4 is 40.5 Å². The van der Waals surface area contributed by atoms with Gasteiger partial charge in [-0.05, 0) is 24.3 Å². The van der Waals surface area contributed by atoms with Gasteiger partial charge in [0.2, 0.25) is 5.91 Å². The highest BCUT2D eigenvalue weighted by Crippen LogP contribution is 2.22. The first kappa shape index (κ1) is 14.4. The van der Waals surface area contributed by atoms with E-state index in [1.807, 2.05) is 0 Å². The number of carboxylic acids is 1. The summed E-state index contributed by atoms with van der Waals surface area (Å²) >= 11 is 7.19. The molecule has 0 fully saturated rings. The van der Waals surface area contributed by atoms with Crippen molar-refractivity contribution in [3.8, 4) is 0 Å². The second-order valence-corrected chi connectivity index (χ2v) is 5.42. The highest BCUT2D eigenvalue weighted by Gasteiger charge is 2.10. The first-order valence-corrected chi connectivity index (χ1v) is 6.87. The first-order valence-electron chi connectivity index (χ1n) is 5.61. The SMILES string of the molecule is NC(=O)c1csc(CNc2ccc(Cl)c(C(=O)O)c2)c1. The topological polar surface area (TPSA) is 92.4 Å². The van der Waals surface area contributed by atoms with Crippen LogP contribution in [0.2, 0.25) is 5.02 Å². The second kappa shape index (κ2) is 5.94. The number of carbonyl (C=O) groups is 2. The van der Waals surface area contributed by atoms with E-state index in [0.717, 1.165) is 4.88 Å². The fourth-order valence-electron chi connectivity index (χ4n) is 1.59. The Morgan fingerprint density at radius 3 is 2.70 bits per heavy atom. The van der Waals surface area contributed by atoms with Crippen molar-refractivity contribution in [1.29, 1.82) is 0 Å². The maximum absolute atomic E-state index is 11.0. The number of carbonyl (C=O) groups excluding carboxylic acids is 1. The molecule has 0 radical (unpaired) electrons. The molecule has 0 bridgehead atoms. The van der Waals surface area contributed by atoms with Gasteiger partial charge in [-0.2, -0.15) is 0 Å². The molecule has 0 aliphatic rings. The van der Waals surface area contributed by atoms with Crippen LogP contribution in [0.15, 0.2) is 29.6 Å². The molecule has 1 aromatic heterocycles. The maximum Gasteiger partial charge on any atom is 0.337 e. The summed E-state index contributed by atoms with van der Waals surface area (Å²) in [6, 6.07) is 6.38. The molecule has 0 aliphatic heterocycles. The number of hydrogen-bond acceptors (Lipinski definition) is 4. The Balaban J connectivity index is 2.08. The standard InChI is InChI=1S/C13H11ClN2O3S/c14-11-2-1-8(4-10(11)13(18)19)16-5-9-3-7(6-20-9)12(15)17/h1-4,6,16H,5H2,(H2,15,17)(H,18,19). The molecule has 20 heavy (non-hydrogen) atoms. The van der Waals surface area contributed by atoms with Gasteiger partial charge in [-0.25, -0.2) is 4.79 Å². The van der Waals surface area contributed by atoms with Gasteiger partial charge in [-0.15, -0.1) is 11.3 Å². The molecule has 0 unspecified atom stereocenters. The molecule has 0 saturated carbocycles. The number of aromatic carboxylic acids is 1. The number of halogens is 1. The molecule has 1 amide bonds. The van der Waals surface area contributed by atoms with Crippen LogP contribution in [0, 0.1) is 0 Å². The molecular formula is C13H11ClN2O3S. The third kappa shape index (κ3) is 3.28. The van der Waals surface area contributed by atoms with E-state index in [1.165, 1.54) is 23.5 Å². The smallest absolute Gasteiger partial charge is 0.337 e. The summed E-state index contributed by atoms with van der Waals surface area (Å²) in [5.41, 5.74) is 6.32. The molecule has 0 saturated heterocycles. The fourth-order valence-corrected chi connectivity index (χ4v) is 2.60. The van der Waals surface area contributed by atoms with Gasteiger partial charge in [-0.3, -0.25) is 4.79 Å². The van der Waals surface area contributed by atoms with Crippen molar-refractivity contribution in [3.63, 3.8) is 0 Å². The van der Waals surface area contributed by atoms with Gasteiger partial charge in [0.15, 0.2) is 0 Å². The zero-order chi connectivity index (χ0) is 14.7. The molecule has 1 aromatic carbocycles. The average molecular weight is 311 g/mol. The average Bonchev–Trinajstić information content (AvgIpc) is 2.86. The molecule has 7 heteroatoms. The normalized spacial score (nSPS) is 10.2. The van der Waals surface area contributed by atoms with Crippen molar-refractivity contribution in [2.75, 3.05) is 5.32 Å². The van der Waals surface area contributed by atoms with E-state index < -0.39 is 11.9 Å². The number of anilines is 1. The lowest BCUT2D eigenvalue weighted by Crippen LogP contribution is -2.09. The molecule has 2 rings (SSSR count). The number of carboxylic acid groups (broad SMARTS) is 1. The number of hydrogen-bond donors (Lipinski definition) is 3. The minimum atomic E-state index is -1.08. The maximum atomic E-state index is 11.0. The molecule has 104 valence electrons. The molecule has 0 spiro atoms. The fraction of sp³-hybridized carbons (Fsp3) is 0.0769. The zero-order valence-electron chi connectivity index (χ0n) is 10.2. The van der Waals surface area contributed by atoms with E-state index in [0.29, 0.717) is 17.8 Å². The van der Waals surface area contributed by atoms with Crippen molar-refractivity contribution in [2.24, 2.45) is 5.73 Å². The number of primary amides is 1. The van der Waals surface area contributed by atoms with Crippen LogP contribution in [0.1, 0.15) is 25.6 Å². The number of nitrogens with two attached hydrogens (primary N) is 1. The van der Waals surface area contributed by atoms with Gasteiger partial charge >= 0.3 is 5.97 Å². The molecule has 0 atom stereocenters. The Hall–Kier alpha value is -2.05. The molecule has 4 N–H and O–H groups in total. The third-order valence-corrected chi connectivity index (χ3v) is 3.87. The first-order chi connectivity index (χ1) is 9.47. The zero-order valence-corrected chi connectivity index (χ0v) is 11.8. The lowest BCUT2D eigenvalue weighted by atomic mass is 10.2. The molecule has 5 nitrogen and oxygen atoms in total. The number of amides is 1. The summed E-state index contributed by atoms with van der Waals surface area (Å²) in [4.78, 5) is 22.9. The second-order valence-electron chi connectivity index (χ2n) is 4.02. The Morgan fingerprint density at radius 1 is 1.35 bits per heavy atom. The Morgan fingerprint density at radius 2 is 2.10 bits per heavy atom. The summed E-state index contributed by atoms with van der Waals surface area (Å²) < 4.78 is 0. The van der Waals surface area contributed by atoms with Crippen LogP contribution in [0.4, 0.5) is 5.69 Å². The summed E-state index contributed by atoms with van der Waals surface area (Å²) in [5, 5.41) is 13.9. The van der Waals surface area contributed by atoms with Gasteiger partial charge in [0, 0.05) is 22.5 Å². The molecule has 0 aliphatic carbocycles. The predicted octanol–water partition coefficient (Wildman–Crippen LogP) is 2.81. The third-order valence-electron chi connectivity index (χ3n) is 2.60. The number of rotatable bonds is 5. The van der Waals surface area contributed by atoms with Crippen LogP contribution < -0.4 is 11.1 Å². The highest BCUT2D eigenvalue weighted by molar-refractivity contribution is 7.10. The van der Waals surface area contributed by atoms with E-state index in [4.69, 9.17) is 22.4 Å². The van der Waals surface area contributed by atoms with Gasteiger partial charge in [0.25, 0.3) is 0 Å². The molecule has 2 aromatic rings. The largest absolute Gasteiger partial charge is 0.478 e. The number of nitrogens with one attached hydrogen (secondary N) is 1. The van der Waals surface area contributed by atoms with Crippen molar-refractivity contribution < 1.29 is 14.7 Å². The minimum absolute atomic E-state index is 0.0423. The number of benzene rings is 1. The summed E-state index contributed by atoms with van der Waals surface area (Å²) in [6.45, 7) is 0.471. The van der Waals surface area contributed by atoms with E-state index in [1.54, 1.807) is 17.5 Å². The van der Waals surface area contributed by atoms with Gasteiger partial charge in [0.05, 0.1) is 16.1 Å². The molecular weight excluding hydrogens is 300 g/mol. The van der Waals surface area contributed by atoms with Gasteiger partial charge in [0.1, 0.15) is 0 Å². The van der Waals surface area contributed by atoms with Crippen molar-refractivity contribution in [1.82, 2.24) is 0 Å². The summed E-state index contributed by atoms with van der Waals surface area (Å²) in [5.74, 6) is -1.54. The quantitative estimate of drug-likeness (QED) is 0.791. The van der Waals surface area contributed by atoms with E-state index >= 15 is 0 Å². The van der Waals surface area contributed by atoms with Gasteiger partial charge < -0.3 is 16.2 Å². The van der Waals surface area contributed by atoms with E-state index in [2.05, 4.69) is 5.32 Å². The van der Waals surface area contributed by atoms with Crippen LogP contribution in [-0.4, -0.2) is 17.0 Å². The Bertz CT molecular complexity index is 669. The molecule has 1 heterocycles. The highest BCUT2D eigenvalue weighted by atomic mass is 35.5. The lowest BCUT2D eigenvalue weighted by Gasteiger charge is -2.07. The van der Waals surface area contributed by atoms with Crippen LogP contribution >= 0.6 is 22.9 Å². The van der Waals surface area contributed by atoms with Crippen LogP contribution in [0.3, 0.4) is 0 Å². The lowest BCUT2D eigenvalue weighted by molar-refractivity contribution is 0.0697. The van der Waals surface area contributed by atoms with Crippen molar-refractivity contribution in [3.05, 3.63) is 50.7 Å². The van der Waals surface area contributed by atoms with Gasteiger partial charge in [-0.1, -0.05) is 11.6 Å². The monoisotopic (exact) mass is 310 g/mol. The summed E-state index contributed by atoms with van der Waals surface area (Å²) in [7, 11) is 0. The Labute approximate surface area is 124 Å². The minimum Gasteiger partial charge on any atom is -0.478 e. The Kier molecular flexibility index (Phi) is 4.26. The number of thiophene rings is 1. The predicted molar refractivity (Wildman–Crippen MR) is 78.6 cm³/mol. The van der Waals surface area contributed by atoms with E-state index in [9.17, 15) is 9.59 Å². The van der Waals surface area contributed by atoms with Crippen LogP contribution in [0.25, 0.3) is 0 Å². The van der Waals surface area contributed by atoms with E-state index in [-0.39, 0.29) is 10.6 Å². The van der Waals surface area contributed by atoms with Crippen molar-refractivity contribution in [2.45, 2.75) is 6.54 Å².